The number of hydrogen-bond acceptors (Lipinski definition) is 4. The first-order valence-corrected chi connectivity index (χ1v) is 9.59. The molecule has 1 aliphatic rings. The van der Waals surface area contributed by atoms with E-state index in [2.05, 4.69) is 40.5 Å². The van der Waals surface area contributed by atoms with Crippen LogP contribution in [0.3, 0.4) is 0 Å². The summed E-state index contributed by atoms with van der Waals surface area (Å²) in [6.45, 7) is 0.740. The molecule has 0 bridgehead atoms. The lowest BCUT2D eigenvalue weighted by Crippen LogP contribution is -2.21. The van der Waals surface area contributed by atoms with Crippen LogP contribution in [0.4, 0.5) is 11.4 Å². The lowest BCUT2D eigenvalue weighted by Gasteiger charge is -2.10. The summed E-state index contributed by atoms with van der Waals surface area (Å²) in [4.78, 5) is 6.77. The van der Waals surface area contributed by atoms with E-state index in [1.807, 2.05) is 50.5 Å². The molecule has 0 amide bonds. The van der Waals surface area contributed by atoms with Crippen LogP contribution in [0, 0.1) is 0 Å². The van der Waals surface area contributed by atoms with E-state index in [0.29, 0.717) is 5.02 Å². The molecule has 0 aromatic heterocycles. The molecule has 0 radical (unpaired) electrons. The number of benzene rings is 3. The molecular formula is C23H22ClN3O. The standard InChI is InChI=1S/C23H22ClN3O/c1-27(2)23-13-17-5-8-19(14-22(17)26-23)25-15-16-3-9-20(10-4-16)28-21-11-6-18(24)7-12-21/h3-12,14,25H,13,15H2,1-2H3. The molecule has 28 heavy (non-hydrogen) atoms. The van der Waals surface area contributed by atoms with Crippen molar-refractivity contribution in [2.24, 2.45) is 4.99 Å². The number of nitrogens with one attached hydrogen (secondary N) is 1. The molecule has 0 fully saturated rings. The zero-order chi connectivity index (χ0) is 19.5. The van der Waals surface area contributed by atoms with E-state index >= 15 is 0 Å². The molecule has 0 saturated carbocycles. The average Bonchev–Trinajstić information content (AvgIpc) is 3.13. The lowest BCUT2D eigenvalue weighted by molar-refractivity contribution is 0.482. The van der Waals surface area contributed by atoms with Crippen molar-refractivity contribution >= 4 is 28.8 Å². The fourth-order valence-corrected chi connectivity index (χ4v) is 3.18. The molecule has 4 nitrogen and oxygen atoms in total. The molecule has 0 spiro atoms. The quantitative estimate of drug-likeness (QED) is 0.589. The fourth-order valence-electron chi connectivity index (χ4n) is 3.05. The normalized spacial score (nSPS) is 12.3. The zero-order valence-corrected chi connectivity index (χ0v) is 16.7. The van der Waals surface area contributed by atoms with Gasteiger partial charge >= 0.3 is 0 Å². The SMILES string of the molecule is CN(C)C1=Nc2cc(NCc3ccc(Oc4ccc(Cl)cc4)cc3)ccc2C1. The Kier molecular flexibility index (Phi) is 5.22. The third kappa shape index (κ3) is 4.29. The second-order valence-corrected chi connectivity index (χ2v) is 7.43. The summed E-state index contributed by atoms with van der Waals surface area (Å²) in [7, 11) is 4.06. The maximum atomic E-state index is 5.90. The molecule has 1 N–H and O–H groups in total. The third-order valence-electron chi connectivity index (χ3n) is 4.67. The van der Waals surface area contributed by atoms with Gasteiger partial charge in [0.2, 0.25) is 0 Å². The Morgan fingerprint density at radius 1 is 0.964 bits per heavy atom. The van der Waals surface area contributed by atoms with Crippen LogP contribution in [0.2, 0.25) is 5.02 Å². The number of hydrogen-bond donors (Lipinski definition) is 1. The molecule has 1 aliphatic heterocycles. The Hall–Kier alpha value is -2.98. The smallest absolute Gasteiger partial charge is 0.127 e. The van der Waals surface area contributed by atoms with Crippen molar-refractivity contribution in [1.29, 1.82) is 0 Å². The van der Waals surface area contributed by atoms with Crippen LogP contribution in [0.15, 0.2) is 71.7 Å². The first-order chi connectivity index (χ1) is 13.6. The Balaban J connectivity index is 1.37. The summed E-state index contributed by atoms with van der Waals surface area (Å²) in [5, 5.41) is 4.17. The number of fused-ring (bicyclic) bond motifs is 1. The first-order valence-electron chi connectivity index (χ1n) is 9.21. The van der Waals surface area contributed by atoms with Gasteiger partial charge in [-0.05, 0) is 59.7 Å². The molecular weight excluding hydrogens is 370 g/mol. The average molecular weight is 392 g/mol. The van der Waals surface area contributed by atoms with Crippen molar-refractivity contribution in [3.8, 4) is 11.5 Å². The maximum absolute atomic E-state index is 5.90. The third-order valence-corrected chi connectivity index (χ3v) is 4.92. The number of ether oxygens (including phenoxy) is 1. The van der Waals surface area contributed by atoms with Crippen molar-refractivity contribution in [2.45, 2.75) is 13.0 Å². The summed E-state index contributed by atoms with van der Waals surface area (Å²) in [5.74, 6) is 2.67. The van der Waals surface area contributed by atoms with Crippen LogP contribution >= 0.6 is 11.6 Å². The number of rotatable bonds is 5. The molecule has 3 aromatic rings. The van der Waals surface area contributed by atoms with Crippen molar-refractivity contribution in [3.05, 3.63) is 82.9 Å². The molecule has 0 atom stereocenters. The predicted molar refractivity (Wildman–Crippen MR) is 116 cm³/mol. The monoisotopic (exact) mass is 391 g/mol. The molecule has 3 aromatic carbocycles. The Morgan fingerprint density at radius 3 is 2.32 bits per heavy atom. The molecule has 0 saturated heterocycles. The van der Waals surface area contributed by atoms with Crippen LogP contribution in [0.25, 0.3) is 0 Å². The van der Waals surface area contributed by atoms with Crippen LogP contribution in [0.5, 0.6) is 11.5 Å². The number of aliphatic imine (C=N–C) groups is 1. The number of likely N-dealkylation sites (N-methyl/N-ethyl adjacent to an activating group) is 1. The fraction of sp³-hybridized carbons (Fsp3) is 0.174. The largest absolute Gasteiger partial charge is 0.457 e. The van der Waals surface area contributed by atoms with Gasteiger partial charge in [-0.15, -0.1) is 0 Å². The van der Waals surface area contributed by atoms with Crippen LogP contribution in [-0.4, -0.2) is 24.8 Å². The molecule has 5 heteroatoms. The summed E-state index contributed by atoms with van der Waals surface area (Å²) >= 11 is 5.90. The minimum Gasteiger partial charge on any atom is -0.457 e. The van der Waals surface area contributed by atoms with Gasteiger partial charge in [-0.1, -0.05) is 29.8 Å². The first kappa shape index (κ1) is 18.4. The Morgan fingerprint density at radius 2 is 1.64 bits per heavy atom. The van der Waals surface area contributed by atoms with Gasteiger partial charge in [0.1, 0.15) is 17.3 Å². The van der Waals surface area contributed by atoms with Gasteiger partial charge in [-0.25, -0.2) is 4.99 Å². The maximum Gasteiger partial charge on any atom is 0.127 e. The van der Waals surface area contributed by atoms with Crippen LogP contribution in [0.1, 0.15) is 11.1 Å². The van der Waals surface area contributed by atoms with E-state index in [4.69, 9.17) is 21.3 Å². The number of halogens is 1. The zero-order valence-electron chi connectivity index (χ0n) is 15.9. The molecule has 0 unspecified atom stereocenters. The van der Waals surface area contributed by atoms with Crippen molar-refractivity contribution < 1.29 is 4.74 Å². The predicted octanol–water partition coefficient (Wildman–Crippen LogP) is 5.89. The highest BCUT2D eigenvalue weighted by atomic mass is 35.5. The Labute approximate surface area is 170 Å². The Bertz CT molecular complexity index is 995. The van der Waals surface area contributed by atoms with Crippen LogP contribution < -0.4 is 10.1 Å². The van der Waals surface area contributed by atoms with Crippen molar-refractivity contribution in [2.75, 3.05) is 19.4 Å². The number of nitrogens with zero attached hydrogens (tertiary/aromatic N) is 2. The van der Waals surface area contributed by atoms with Crippen molar-refractivity contribution in [1.82, 2.24) is 4.90 Å². The van der Waals surface area contributed by atoms with E-state index in [0.717, 1.165) is 41.7 Å². The molecule has 4 rings (SSSR count). The van der Waals surface area contributed by atoms with E-state index in [9.17, 15) is 0 Å². The van der Waals surface area contributed by atoms with E-state index < -0.39 is 0 Å². The van der Waals surface area contributed by atoms with Crippen LogP contribution in [-0.2, 0) is 13.0 Å². The highest BCUT2D eigenvalue weighted by Gasteiger charge is 2.16. The number of anilines is 1. The van der Waals surface area contributed by atoms with E-state index in [1.54, 1.807) is 0 Å². The summed E-state index contributed by atoms with van der Waals surface area (Å²) < 4.78 is 5.83. The highest BCUT2D eigenvalue weighted by Crippen LogP contribution is 2.30. The molecule has 1 heterocycles. The summed E-state index contributed by atoms with van der Waals surface area (Å²) in [6.07, 6.45) is 0.900. The van der Waals surface area contributed by atoms with Gasteiger partial charge in [-0.2, -0.15) is 0 Å². The van der Waals surface area contributed by atoms with Gasteiger partial charge in [-0.3, -0.25) is 0 Å². The van der Waals surface area contributed by atoms with Gasteiger partial charge in [0.15, 0.2) is 0 Å². The topological polar surface area (TPSA) is 36.9 Å². The van der Waals surface area contributed by atoms with Gasteiger partial charge in [0.05, 0.1) is 5.69 Å². The minimum absolute atomic E-state index is 0.698. The van der Waals surface area contributed by atoms with E-state index in [-0.39, 0.29) is 0 Å². The highest BCUT2D eigenvalue weighted by molar-refractivity contribution is 6.30. The van der Waals surface area contributed by atoms with Gasteiger partial charge in [0, 0.05) is 37.8 Å². The second kappa shape index (κ2) is 7.95. The summed E-state index contributed by atoms with van der Waals surface area (Å²) in [6, 6.07) is 21.8. The minimum atomic E-state index is 0.698. The molecule has 142 valence electrons. The lowest BCUT2D eigenvalue weighted by atomic mass is 10.1. The van der Waals surface area contributed by atoms with E-state index in [1.165, 1.54) is 11.1 Å². The van der Waals surface area contributed by atoms with Gasteiger partial charge in [0.25, 0.3) is 0 Å². The summed E-state index contributed by atoms with van der Waals surface area (Å²) in [5.41, 5.74) is 4.59. The molecule has 0 aliphatic carbocycles. The van der Waals surface area contributed by atoms with Gasteiger partial charge < -0.3 is 15.0 Å². The van der Waals surface area contributed by atoms with Crippen molar-refractivity contribution in [3.63, 3.8) is 0 Å². The second-order valence-electron chi connectivity index (χ2n) is 7.00. The number of amidine groups is 1.